The Hall–Kier alpha value is -3.42. The van der Waals surface area contributed by atoms with Crippen molar-refractivity contribution >= 4 is 17.5 Å². The monoisotopic (exact) mass is 357 g/mol. The number of rotatable bonds is 5. The molecule has 4 N–H and O–H groups in total. The van der Waals surface area contributed by atoms with Crippen molar-refractivity contribution in [3.05, 3.63) is 47.5 Å². The molecule has 1 atom stereocenters. The highest BCUT2D eigenvalue weighted by molar-refractivity contribution is 6.02. The van der Waals surface area contributed by atoms with E-state index in [9.17, 15) is 14.7 Å². The summed E-state index contributed by atoms with van der Waals surface area (Å²) in [5.41, 5.74) is 7.01. The topological polar surface area (TPSA) is 114 Å². The van der Waals surface area contributed by atoms with Gasteiger partial charge in [-0.1, -0.05) is 12.1 Å². The molecular formula is C18H19N3O5. The molecule has 0 fully saturated rings. The first-order valence-electron chi connectivity index (χ1n) is 7.86. The second-order valence-corrected chi connectivity index (χ2v) is 5.76. The van der Waals surface area contributed by atoms with Crippen LogP contribution in [0, 0.1) is 0 Å². The van der Waals surface area contributed by atoms with Crippen LogP contribution in [0.4, 0.5) is 5.69 Å². The number of phenolic OH excluding ortho intramolecular Hbond substituents is 1. The first-order chi connectivity index (χ1) is 12.5. The van der Waals surface area contributed by atoms with Crippen molar-refractivity contribution in [2.45, 2.75) is 6.17 Å². The quantitative estimate of drug-likeness (QED) is 0.739. The summed E-state index contributed by atoms with van der Waals surface area (Å²) < 4.78 is 10.4. The van der Waals surface area contributed by atoms with E-state index in [-0.39, 0.29) is 29.7 Å². The number of nitrogens with zero attached hydrogens (tertiary/aromatic N) is 1. The molecule has 8 heteroatoms. The first-order valence-corrected chi connectivity index (χ1v) is 7.86. The summed E-state index contributed by atoms with van der Waals surface area (Å²) in [6.07, 6.45) is -0.687. The highest BCUT2D eigenvalue weighted by atomic mass is 16.5. The average molecular weight is 357 g/mol. The van der Waals surface area contributed by atoms with Gasteiger partial charge in [-0.2, -0.15) is 0 Å². The molecule has 1 aliphatic heterocycles. The van der Waals surface area contributed by atoms with Gasteiger partial charge in [0.25, 0.3) is 5.91 Å². The van der Waals surface area contributed by atoms with Gasteiger partial charge in [0.15, 0.2) is 11.5 Å². The Labute approximate surface area is 150 Å². The highest BCUT2D eigenvalue weighted by Crippen LogP contribution is 2.41. The summed E-state index contributed by atoms with van der Waals surface area (Å²) in [7, 11) is 2.82. The second-order valence-electron chi connectivity index (χ2n) is 5.76. The lowest BCUT2D eigenvalue weighted by Crippen LogP contribution is -2.49. The van der Waals surface area contributed by atoms with Crippen LogP contribution in [0.15, 0.2) is 36.4 Å². The number of amides is 2. The van der Waals surface area contributed by atoms with E-state index in [2.05, 4.69) is 5.32 Å². The van der Waals surface area contributed by atoms with Gasteiger partial charge in [0.05, 0.1) is 32.0 Å². The van der Waals surface area contributed by atoms with Crippen molar-refractivity contribution in [3.63, 3.8) is 0 Å². The van der Waals surface area contributed by atoms with Crippen LogP contribution in [-0.4, -0.2) is 37.7 Å². The third-order valence-corrected chi connectivity index (χ3v) is 4.18. The number of hydrogen-bond donors (Lipinski definition) is 3. The van der Waals surface area contributed by atoms with E-state index < -0.39 is 12.1 Å². The fourth-order valence-electron chi connectivity index (χ4n) is 3.01. The molecule has 0 radical (unpaired) electrons. The number of methoxy groups -OCH3 is 2. The van der Waals surface area contributed by atoms with Crippen LogP contribution in [0.1, 0.15) is 22.1 Å². The molecule has 2 aromatic rings. The van der Waals surface area contributed by atoms with Crippen molar-refractivity contribution in [3.8, 4) is 17.2 Å². The summed E-state index contributed by atoms with van der Waals surface area (Å²) >= 11 is 0. The SMILES string of the molecule is COc1cc(C2NC(=O)c3ccccc3N2CC(N)=O)cc(OC)c1O. The summed E-state index contributed by atoms with van der Waals surface area (Å²) in [6.45, 7) is -0.104. The number of carbonyl (C=O) groups is 2. The molecular weight excluding hydrogens is 338 g/mol. The molecule has 136 valence electrons. The summed E-state index contributed by atoms with van der Waals surface area (Å²) in [6, 6.07) is 10.1. The van der Waals surface area contributed by atoms with Crippen LogP contribution in [0.3, 0.4) is 0 Å². The van der Waals surface area contributed by atoms with Gasteiger partial charge in [0.1, 0.15) is 6.17 Å². The highest BCUT2D eigenvalue weighted by Gasteiger charge is 2.33. The number of anilines is 1. The normalized spacial score (nSPS) is 15.8. The van der Waals surface area contributed by atoms with Gasteiger partial charge in [0.2, 0.25) is 11.7 Å². The zero-order valence-corrected chi connectivity index (χ0v) is 14.4. The molecule has 0 saturated heterocycles. The number of carbonyl (C=O) groups excluding carboxylic acids is 2. The number of benzene rings is 2. The molecule has 0 saturated carbocycles. The Balaban J connectivity index is 2.14. The third-order valence-electron chi connectivity index (χ3n) is 4.18. The number of fused-ring (bicyclic) bond motifs is 1. The number of nitrogens with one attached hydrogen (secondary N) is 1. The lowest BCUT2D eigenvalue weighted by atomic mass is 10.0. The van der Waals surface area contributed by atoms with Gasteiger partial charge in [-0.25, -0.2) is 0 Å². The first kappa shape index (κ1) is 17.4. The molecule has 0 spiro atoms. The molecule has 2 amide bonds. The number of ether oxygens (including phenoxy) is 2. The van der Waals surface area contributed by atoms with E-state index in [0.29, 0.717) is 16.8 Å². The van der Waals surface area contributed by atoms with Crippen molar-refractivity contribution in [2.75, 3.05) is 25.7 Å². The van der Waals surface area contributed by atoms with Gasteiger partial charge in [-0.05, 0) is 24.3 Å². The number of aromatic hydroxyl groups is 1. The van der Waals surface area contributed by atoms with Crippen molar-refractivity contribution in [2.24, 2.45) is 5.73 Å². The maximum Gasteiger partial charge on any atom is 0.255 e. The minimum absolute atomic E-state index is 0.104. The summed E-state index contributed by atoms with van der Waals surface area (Å²) in [4.78, 5) is 25.8. The predicted octanol–water partition coefficient (Wildman–Crippen LogP) is 1.14. The zero-order valence-electron chi connectivity index (χ0n) is 14.4. The molecule has 0 aromatic heterocycles. The molecule has 1 heterocycles. The number of primary amides is 1. The van der Waals surface area contributed by atoms with E-state index in [1.807, 2.05) is 0 Å². The van der Waals surface area contributed by atoms with Gasteiger partial charge >= 0.3 is 0 Å². The molecule has 2 aromatic carbocycles. The summed E-state index contributed by atoms with van der Waals surface area (Å²) in [5.74, 6) is -0.600. The number of phenols is 1. The van der Waals surface area contributed by atoms with E-state index in [1.165, 1.54) is 14.2 Å². The van der Waals surface area contributed by atoms with E-state index >= 15 is 0 Å². The smallest absolute Gasteiger partial charge is 0.255 e. The number of nitrogens with two attached hydrogens (primary N) is 1. The van der Waals surface area contributed by atoms with Crippen LogP contribution >= 0.6 is 0 Å². The van der Waals surface area contributed by atoms with Gasteiger partial charge in [-0.15, -0.1) is 0 Å². The average Bonchev–Trinajstić information content (AvgIpc) is 2.64. The predicted molar refractivity (Wildman–Crippen MR) is 94.4 cm³/mol. The molecule has 26 heavy (non-hydrogen) atoms. The lowest BCUT2D eigenvalue weighted by Gasteiger charge is -2.38. The van der Waals surface area contributed by atoms with Crippen LogP contribution < -0.4 is 25.4 Å². The Morgan fingerprint density at radius 1 is 1.23 bits per heavy atom. The van der Waals surface area contributed by atoms with Crippen LogP contribution in [0.2, 0.25) is 0 Å². The fourth-order valence-corrected chi connectivity index (χ4v) is 3.01. The third kappa shape index (κ3) is 2.97. The number of hydrogen-bond acceptors (Lipinski definition) is 6. The molecule has 3 rings (SSSR count). The maximum absolute atomic E-state index is 12.5. The van der Waals surface area contributed by atoms with Gasteiger partial charge in [0, 0.05) is 5.56 Å². The van der Waals surface area contributed by atoms with Crippen molar-refractivity contribution in [1.82, 2.24) is 5.32 Å². The Kier molecular flexibility index (Phi) is 4.57. The van der Waals surface area contributed by atoms with Crippen LogP contribution in [-0.2, 0) is 4.79 Å². The van der Waals surface area contributed by atoms with Gasteiger partial charge < -0.3 is 30.5 Å². The minimum atomic E-state index is -0.687. The number of para-hydroxylation sites is 1. The standard InChI is InChI=1S/C18H19N3O5/c1-25-13-7-10(8-14(26-2)16(13)23)17-20-18(24)11-5-3-4-6-12(11)21(17)9-15(19)22/h3-8,17,23H,9H2,1-2H3,(H2,19,22)(H,20,24). The van der Waals surface area contributed by atoms with Gasteiger partial charge in [-0.3, -0.25) is 9.59 Å². The van der Waals surface area contributed by atoms with E-state index in [0.717, 1.165) is 0 Å². The van der Waals surface area contributed by atoms with Crippen LogP contribution in [0.5, 0.6) is 17.2 Å². The van der Waals surface area contributed by atoms with Crippen molar-refractivity contribution in [1.29, 1.82) is 0 Å². The lowest BCUT2D eigenvalue weighted by molar-refractivity contribution is -0.116. The van der Waals surface area contributed by atoms with E-state index in [1.54, 1.807) is 41.3 Å². The Morgan fingerprint density at radius 3 is 2.42 bits per heavy atom. The molecule has 0 aliphatic carbocycles. The fraction of sp³-hybridized carbons (Fsp3) is 0.222. The largest absolute Gasteiger partial charge is 0.502 e. The Bertz CT molecular complexity index is 843. The maximum atomic E-state index is 12.5. The molecule has 0 bridgehead atoms. The summed E-state index contributed by atoms with van der Waals surface area (Å²) in [5, 5.41) is 13.0. The molecule has 1 unspecified atom stereocenters. The van der Waals surface area contributed by atoms with Crippen LogP contribution in [0.25, 0.3) is 0 Å². The van der Waals surface area contributed by atoms with E-state index in [4.69, 9.17) is 15.2 Å². The zero-order chi connectivity index (χ0) is 18.8. The molecule has 8 nitrogen and oxygen atoms in total. The second kappa shape index (κ2) is 6.83. The Morgan fingerprint density at radius 2 is 1.85 bits per heavy atom. The minimum Gasteiger partial charge on any atom is -0.502 e. The molecule has 1 aliphatic rings. The van der Waals surface area contributed by atoms with Crippen molar-refractivity contribution < 1.29 is 24.2 Å².